The molecule has 0 spiro atoms. The lowest BCUT2D eigenvalue weighted by atomic mass is 9.94. The number of aliphatic hydroxyl groups excluding tert-OH is 1. The fourth-order valence-electron chi connectivity index (χ4n) is 4.67. The molecule has 2 aliphatic rings. The average Bonchev–Trinajstić information content (AvgIpc) is 3.62. The van der Waals surface area contributed by atoms with Gasteiger partial charge in [0.05, 0.1) is 25.4 Å². The van der Waals surface area contributed by atoms with Gasteiger partial charge in [0.25, 0.3) is 5.91 Å². The molecule has 0 saturated heterocycles. The smallest absolute Gasteiger partial charge is 0.254 e. The van der Waals surface area contributed by atoms with Gasteiger partial charge in [-0.25, -0.2) is 0 Å². The Morgan fingerprint density at radius 3 is 2.41 bits per heavy atom. The van der Waals surface area contributed by atoms with Crippen LogP contribution in [0.2, 0.25) is 0 Å². The maximum Gasteiger partial charge on any atom is 0.254 e. The van der Waals surface area contributed by atoms with Gasteiger partial charge in [-0.3, -0.25) is 4.79 Å². The van der Waals surface area contributed by atoms with E-state index in [-0.39, 0.29) is 30.6 Å². The van der Waals surface area contributed by atoms with E-state index in [0.717, 1.165) is 35.7 Å². The van der Waals surface area contributed by atoms with E-state index in [0.29, 0.717) is 18.7 Å². The molecule has 32 heavy (non-hydrogen) atoms. The van der Waals surface area contributed by atoms with Crippen LogP contribution in [0.25, 0.3) is 11.1 Å². The lowest BCUT2D eigenvalue weighted by molar-refractivity contribution is -0.0235. The lowest BCUT2D eigenvalue weighted by Gasteiger charge is -2.35. The van der Waals surface area contributed by atoms with Crippen LogP contribution in [0.1, 0.15) is 42.6 Å². The summed E-state index contributed by atoms with van der Waals surface area (Å²) in [6.07, 6.45) is 2.65. The Hall–Kier alpha value is -2.21. The number of hydrogen-bond acceptors (Lipinski definition) is 4. The first-order valence-corrected chi connectivity index (χ1v) is 11.9. The third-order valence-corrected chi connectivity index (χ3v) is 6.85. The number of benzene rings is 2. The van der Waals surface area contributed by atoms with E-state index in [1.165, 1.54) is 12.8 Å². The summed E-state index contributed by atoms with van der Waals surface area (Å²) in [5, 5.41) is 9.92. The molecule has 0 radical (unpaired) electrons. The quantitative estimate of drug-likeness (QED) is 0.742. The van der Waals surface area contributed by atoms with Gasteiger partial charge in [0.1, 0.15) is 0 Å². The molecule has 1 heterocycles. The van der Waals surface area contributed by atoms with Gasteiger partial charge in [0.15, 0.2) is 0 Å². The molecule has 4 rings (SSSR count). The first kappa shape index (κ1) is 23.0. The maximum absolute atomic E-state index is 13.8. The molecule has 3 atom stereocenters. The standard InChI is InChI=1S/C27H36N2O3/c1-19-14-29(20(2)17-30)27(31)25-11-7-6-10-24(25)23-9-5-4-8-22(23)18-32-26(19)16-28(3)15-21-12-13-21/h4-11,19-21,26,30H,12-18H2,1-3H3/t19-,20+,26+/m0/s1. The van der Waals surface area contributed by atoms with Crippen molar-refractivity contribution < 1.29 is 14.6 Å². The predicted molar refractivity (Wildman–Crippen MR) is 127 cm³/mol. The van der Waals surface area contributed by atoms with Crippen molar-refractivity contribution >= 4 is 5.91 Å². The molecule has 2 aromatic carbocycles. The molecular formula is C27H36N2O3. The van der Waals surface area contributed by atoms with Gasteiger partial charge in [-0.15, -0.1) is 0 Å². The summed E-state index contributed by atoms with van der Waals surface area (Å²) in [5.41, 5.74) is 3.73. The van der Waals surface area contributed by atoms with Crippen LogP contribution in [-0.4, -0.2) is 66.2 Å². The zero-order valence-electron chi connectivity index (χ0n) is 19.5. The second-order valence-electron chi connectivity index (χ2n) is 9.68. The van der Waals surface area contributed by atoms with Gasteiger partial charge in [0, 0.05) is 31.1 Å². The molecule has 1 N–H and O–H groups in total. The van der Waals surface area contributed by atoms with Crippen molar-refractivity contribution in [3.05, 3.63) is 59.7 Å². The molecule has 1 aliphatic heterocycles. The number of amides is 1. The summed E-state index contributed by atoms with van der Waals surface area (Å²) in [6.45, 7) is 7.01. The van der Waals surface area contributed by atoms with Crippen LogP contribution in [0, 0.1) is 11.8 Å². The summed E-state index contributed by atoms with van der Waals surface area (Å²) in [5.74, 6) is 0.920. The van der Waals surface area contributed by atoms with E-state index in [4.69, 9.17) is 4.74 Å². The van der Waals surface area contributed by atoms with Crippen molar-refractivity contribution in [2.45, 2.75) is 45.4 Å². The number of nitrogens with zero attached hydrogens (tertiary/aromatic N) is 2. The minimum atomic E-state index is -0.265. The van der Waals surface area contributed by atoms with Crippen molar-refractivity contribution in [1.82, 2.24) is 9.80 Å². The number of carbonyl (C=O) groups is 1. The van der Waals surface area contributed by atoms with Crippen LogP contribution in [-0.2, 0) is 11.3 Å². The van der Waals surface area contributed by atoms with E-state index in [9.17, 15) is 9.90 Å². The zero-order valence-corrected chi connectivity index (χ0v) is 19.5. The Bertz CT molecular complexity index is 927. The highest BCUT2D eigenvalue weighted by atomic mass is 16.5. The van der Waals surface area contributed by atoms with Crippen LogP contribution < -0.4 is 0 Å². The number of fused-ring (bicyclic) bond motifs is 3. The zero-order chi connectivity index (χ0) is 22.7. The predicted octanol–water partition coefficient (Wildman–Crippen LogP) is 4.05. The Balaban J connectivity index is 1.72. The van der Waals surface area contributed by atoms with Crippen LogP contribution in [0.3, 0.4) is 0 Å². The maximum atomic E-state index is 13.8. The minimum absolute atomic E-state index is 0.00536. The minimum Gasteiger partial charge on any atom is -0.394 e. The average molecular weight is 437 g/mol. The molecule has 172 valence electrons. The van der Waals surface area contributed by atoms with Crippen molar-refractivity contribution in [1.29, 1.82) is 0 Å². The van der Waals surface area contributed by atoms with Gasteiger partial charge >= 0.3 is 0 Å². The monoisotopic (exact) mass is 436 g/mol. The first-order valence-electron chi connectivity index (χ1n) is 11.9. The molecule has 1 fully saturated rings. The number of carbonyl (C=O) groups excluding carboxylic acids is 1. The molecule has 1 saturated carbocycles. The SMILES string of the molecule is C[C@H](CO)N1C[C@H](C)[C@@H](CN(C)CC2CC2)OCc2ccccc2-c2ccccc2C1=O. The fraction of sp³-hybridized carbons (Fsp3) is 0.519. The highest BCUT2D eigenvalue weighted by Crippen LogP contribution is 2.32. The molecule has 2 aromatic rings. The van der Waals surface area contributed by atoms with Crippen molar-refractivity contribution in [3.63, 3.8) is 0 Å². The van der Waals surface area contributed by atoms with Gasteiger partial charge in [0.2, 0.25) is 0 Å². The molecular weight excluding hydrogens is 400 g/mol. The summed E-state index contributed by atoms with van der Waals surface area (Å²) < 4.78 is 6.56. The first-order chi connectivity index (χ1) is 15.5. The highest BCUT2D eigenvalue weighted by Gasteiger charge is 2.31. The molecule has 1 amide bonds. The Morgan fingerprint density at radius 1 is 1.06 bits per heavy atom. The van der Waals surface area contributed by atoms with E-state index in [1.807, 2.05) is 48.2 Å². The van der Waals surface area contributed by atoms with Crippen LogP contribution in [0.5, 0.6) is 0 Å². The topological polar surface area (TPSA) is 53.0 Å². The Labute approximate surface area is 192 Å². The number of hydrogen-bond donors (Lipinski definition) is 1. The molecule has 5 heteroatoms. The Kier molecular flexibility index (Phi) is 7.29. The van der Waals surface area contributed by atoms with E-state index in [1.54, 1.807) is 0 Å². The van der Waals surface area contributed by atoms with E-state index in [2.05, 4.69) is 31.0 Å². The van der Waals surface area contributed by atoms with Gasteiger partial charge < -0.3 is 19.6 Å². The summed E-state index contributed by atoms with van der Waals surface area (Å²) in [4.78, 5) is 18.0. The Morgan fingerprint density at radius 2 is 1.72 bits per heavy atom. The highest BCUT2D eigenvalue weighted by molar-refractivity contribution is 6.01. The number of rotatable bonds is 6. The fourth-order valence-corrected chi connectivity index (χ4v) is 4.67. The van der Waals surface area contributed by atoms with Crippen molar-refractivity contribution in [2.24, 2.45) is 11.8 Å². The number of likely N-dealkylation sites (N-methyl/N-ethyl adjacent to an activating group) is 1. The second-order valence-corrected chi connectivity index (χ2v) is 9.68. The molecule has 0 bridgehead atoms. The molecule has 1 aliphatic carbocycles. The number of ether oxygens (including phenoxy) is 1. The van der Waals surface area contributed by atoms with Gasteiger partial charge in [-0.2, -0.15) is 0 Å². The third kappa shape index (κ3) is 5.22. The van der Waals surface area contributed by atoms with E-state index >= 15 is 0 Å². The summed E-state index contributed by atoms with van der Waals surface area (Å²) >= 11 is 0. The lowest BCUT2D eigenvalue weighted by Crippen LogP contribution is -2.47. The summed E-state index contributed by atoms with van der Waals surface area (Å²) in [6, 6.07) is 15.7. The molecule has 0 unspecified atom stereocenters. The van der Waals surface area contributed by atoms with Crippen molar-refractivity contribution in [3.8, 4) is 11.1 Å². The molecule has 0 aromatic heterocycles. The summed E-state index contributed by atoms with van der Waals surface area (Å²) in [7, 11) is 2.17. The molecule has 5 nitrogen and oxygen atoms in total. The van der Waals surface area contributed by atoms with Gasteiger partial charge in [-0.1, -0.05) is 49.4 Å². The number of aliphatic hydroxyl groups is 1. The van der Waals surface area contributed by atoms with Crippen LogP contribution >= 0.6 is 0 Å². The second kappa shape index (κ2) is 10.2. The van der Waals surface area contributed by atoms with Crippen LogP contribution in [0.15, 0.2) is 48.5 Å². The van der Waals surface area contributed by atoms with Crippen LogP contribution in [0.4, 0.5) is 0 Å². The van der Waals surface area contributed by atoms with Crippen molar-refractivity contribution in [2.75, 3.05) is 33.3 Å². The normalized spacial score (nSPS) is 22.8. The largest absolute Gasteiger partial charge is 0.394 e. The third-order valence-electron chi connectivity index (χ3n) is 6.85. The van der Waals surface area contributed by atoms with Gasteiger partial charge in [-0.05, 0) is 55.5 Å². The van der Waals surface area contributed by atoms with E-state index < -0.39 is 0 Å².